The molecule has 2 aliphatic rings. The number of hydrogen-bond donors (Lipinski definition) is 2. The topological polar surface area (TPSA) is 71.2 Å². The molecule has 5 nitrogen and oxygen atoms in total. The smallest absolute Gasteiger partial charge is 0.252 e. The van der Waals surface area contributed by atoms with E-state index in [1.165, 1.54) is 5.56 Å². The SMILES string of the molecule is CCCN(c1nc2c(cc1C(N)=O)CCC2)C1CNC1. The van der Waals surface area contributed by atoms with Crippen molar-refractivity contribution in [3.8, 4) is 0 Å². The Morgan fingerprint density at radius 1 is 1.50 bits per heavy atom. The molecule has 108 valence electrons. The van der Waals surface area contributed by atoms with Gasteiger partial charge in [0.15, 0.2) is 0 Å². The van der Waals surface area contributed by atoms with Crippen LogP contribution in [0, 0.1) is 0 Å². The second kappa shape index (κ2) is 5.40. The fraction of sp³-hybridized carbons (Fsp3) is 0.600. The molecule has 1 amide bonds. The molecule has 1 aliphatic carbocycles. The normalized spacial score (nSPS) is 17.6. The Balaban J connectivity index is 2.02. The van der Waals surface area contributed by atoms with Crippen LogP contribution in [0.2, 0.25) is 0 Å². The Kier molecular flexibility index (Phi) is 3.61. The Morgan fingerprint density at radius 2 is 2.30 bits per heavy atom. The van der Waals surface area contributed by atoms with E-state index in [9.17, 15) is 4.79 Å². The van der Waals surface area contributed by atoms with E-state index in [2.05, 4.69) is 17.1 Å². The van der Waals surface area contributed by atoms with Crippen molar-refractivity contribution in [2.45, 2.75) is 38.6 Å². The molecule has 0 unspecified atom stereocenters. The maximum atomic E-state index is 11.8. The van der Waals surface area contributed by atoms with E-state index in [1.807, 2.05) is 6.07 Å². The maximum absolute atomic E-state index is 11.8. The van der Waals surface area contributed by atoms with Gasteiger partial charge >= 0.3 is 0 Å². The van der Waals surface area contributed by atoms with Crippen LogP contribution in [0.5, 0.6) is 0 Å². The summed E-state index contributed by atoms with van der Waals surface area (Å²) in [5.41, 5.74) is 8.52. The van der Waals surface area contributed by atoms with Crippen molar-refractivity contribution in [1.29, 1.82) is 0 Å². The number of primary amides is 1. The standard InChI is InChI=1S/C15H22N4O/c1-2-6-19(11-8-17-9-11)15-12(14(16)20)7-10-4-3-5-13(10)18-15/h7,11,17H,2-6,8-9H2,1H3,(H2,16,20). The number of nitrogens with one attached hydrogen (secondary N) is 1. The van der Waals surface area contributed by atoms with Gasteiger partial charge in [0.1, 0.15) is 5.82 Å². The molecule has 1 aliphatic heterocycles. The predicted molar refractivity (Wildman–Crippen MR) is 79.1 cm³/mol. The van der Waals surface area contributed by atoms with E-state index in [1.54, 1.807) is 0 Å². The number of fused-ring (bicyclic) bond motifs is 1. The van der Waals surface area contributed by atoms with E-state index < -0.39 is 0 Å². The van der Waals surface area contributed by atoms with Gasteiger partial charge in [-0.1, -0.05) is 6.92 Å². The molecule has 1 saturated heterocycles. The van der Waals surface area contributed by atoms with Crippen LogP contribution < -0.4 is 16.0 Å². The lowest BCUT2D eigenvalue weighted by molar-refractivity contribution is 0.1000. The Labute approximate surface area is 119 Å². The number of rotatable bonds is 5. The van der Waals surface area contributed by atoms with Gasteiger partial charge in [0.2, 0.25) is 0 Å². The third-order valence-corrected chi connectivity index (χ3v) is 4.23. The third-order valence-electron chi connectivity index (χ3n) is 4.23. The molecular weight excluding hydrogens is 252 g/mol. The number of anilines is 1. The minimum atomic E-state index is -0.365. The van der Waals surface area contributed by atoms with Crippen molar-refractivity contribution in [3.63, 3.8) is 0 Å². The molecule has 1 aromatic heterocycles. The molecule has 2 heterocycles. The first-order valence-electron chi connectivity index (χ1n) is 7.50. The van der Waals surface area contributed by atoms with Gasteiger partial charge in [-0.2, -0.15) is 0 Å². The molecule has 0 radical (unpaired) electrons. The van der Waals surface area contributed by atoms with Crippen molar-refractivity contribution in [1.82, 2.24) is 10.3 Å². The number of carbonyl (C=O) groups excluding carboxylic acids is 1. The molecule has 3 N–H and O–H groups in total. The fourth-order valence-corrected chi connectivity index (χ4v) is 3.06. The Hall–Kier alpha value is -1.62. The highest BCUT2D eigenvalue weighted by Gasteiger charge is 2.29. The van der Waals surface area contributed by atoms with Crippen molar-refractivity contribution in [2.24, 2.45) is 5.73 Å². The van der Waals surface area contributed by atoms with Gasteiger partial charge < -0.3 is 16.0 Å². The third kappa shape index (κ3) is 2.26. The highest BCUT2D eigenvalue weighted by atomic mass is 16.1. The maximum Gasteiger partial charge on any atom is 0.252 e. The van der Waals surface area contributed by atoms with Gasteiger partial charge in [0.25, 0.3) is 5.91 Å². The van der Waals surface area contributed by atoms with Crippen molar-refractivity contribution < 1.29 is 4.79 Å². The molecule has 5 heteroatoms. The molecule has 0 bridgehead atoms. The highest BCUT2D eigenvalue weighted by molar-refractivity contribution is 5.98. The highest BCUT2D eigenvalue weighted by Crippen LogP contribution is 2.29. The average molecular weight is 274 g/mol. The average Bonchev–Trinajstić information content (AvgIpc) is 2.81. The minimum absolute atomic E-state index is 0.365. The lowest BCUT2D eigenvalue weighted by Crippen LogP contribution is -2.58. The van der Waals surface area contributed by atoms with Crippen LogP contribution in [0.4, 0.5) is 5.82 Å². The summed E-state index contributed by atoms with van der Waals surface area (Å²) in [7, 11) is 0. The number of nitrogens with two attached hydrogens (primary N) is 1. The van der Waals surface area contributed by atoms with E-state index in [0.29, 0.717) is 11.6 Å². The molecule has 0 atom stereocenters. The van der Waals surface area contributed by atoms with E-state index >= 15 is 0 Å². The minimum Gasteiger partial charge on any atom is -0.365 e. The molecular formula is C15H22N4O. The molecule has 3 rings (SSSR count). The summed E-state index contributed by atoms with van der Waals surface area (Å²) in [4.78, 5) is 18.9. The van der Waals surface area contributed by atoms with Crippen molar-refractivity contribution in [3.05, 3.63) is 22.9 Å². The van der Waals surface area contributed by atoms with Gasteiger partial charge in [0, 0.05) is 25.3 Å². The van der Waals surface area contributed by atoms with Crippen LogP contribution >= 0.6 is 0 Å². The first kappa shape index (κ1) is 13.4. The molecule has 1 aromatic rings. The monoisotopic (exact) mass is 274 g/mol. The van der Waals surface area contributed by atoms with Crippen LogP contribution in [0.15, 0.2) is 6.07 Å². The van der Waals surface area contributed by atoms with Crippen LogP contribution in [0.25, 0.3) is 0 Å². The molecule has 0 spiro atoms. The van der Waals surface area contributed by atoms with E-state index in [-0.39, 0.29) is 5.91 Å². The Morgan fingerprint density at radius 3 is 2.90 bits per heavy atom. The molecule has 0 aromatic carbocycles. The summed E-state index contributed by atoms with van der Waals surface area (Å²) in [5, 5.41) is 3.29. The number of amides is 1. The largest absolute Gasteiger partial charge is 0.365 e. The number of hydrogen-bond acceptors (Lipinski definition) is 4. The van der Waals surface area contributed by atoms with Gasteiger partial charge in [0.05, 0.1) is 11.6 Å². The zero-order chi connectivity index (χ0) is 14.1. The van der Waals surface area contributed by atoms with Crippen LogP contribution in [-0.2, 0) is 12.8 Å². The van der Waals surface area contributed by atoms with Crippen LogP contribution in [0.1, 0.15) is 41.4 Å². The summed E-state index contributed by atoms with van der Waals surface area (Å²) in [6, 6.07) is 2.40. The number of nitrogens with zero attached hydrogens (tertiary/aromatic N) is 2. The van der Waals surface area contributed by atoms with Crippen molar-refractivity contribution >= 4 is 11.7 Å². The summed E-state index contributed by atoms with van der Waals surface area (Å²) < 4.78 is 0. The lowest BCUT2D eigenvalue weighted by Gasteiger charge is -2.39. The second-order valence-corrected chi connectivity index (χ2v) is 5.69. The summed E-state index contributed by atoms with van der Waals surface area (Å²) in [6.45, 7) is 4.97. The molecule has 0 saturated carbocycles. The van der Waals surface area contributed by atoms with Crippen LogP contribution in [0.3, 0.4) is 0 Å². The molecule has 20 heavy (non-hydrogen) atoms. The van der Waals surface area contributed by atoms with Gasteiger partial charge in [-0.3, -0.25) is 4.79 Å². The van der Waals surface area contributed by atoms with Gasteiger partial charge in [-0.25, -0.2) is 4.98 Å². The van der Waals surface area contributed by atoms with E-state index in [4.69, 9.17) is 10.7 Å². The fourth-order valence-electron chi connectivity index (χ4n) is 3.06. The molecule has 1 fully saturated rings. The summed E-state index contributed by atoms with van der Waals surface area (Å²) >= 11 is 0. The first-order valence-corrected chi connectivity index (χ1v) is 7.50. The van der Waals surface area contributed by atoms with Crippen molar-refractivity contribution in [2.75, 3.05) is 24.5 Å². The first-order chi connectivity index (χ1) is 9.70. The number of pyridine rings is 1. The van der Waals surface area contributed by atoms with Gasteiger partial charge in [-0.15, -0.1) is 0 Å². The zero-order valence-corrected chi connectivity index (χ0v) is 12.0. The quantitative estimate of drug-likeness (QED) is 0.835. The number of aryl methyl sites for hydroxylation is 2. The van der Waals surface area contributed by atoms with Gasteiger partial charge in [-0.05, 0) is 37.3 Å². The lowest BCUT2D eigenvalue weighted by atomic mass is 10.1. The van der Waals surface area contributed by atoms with E-state index in [0.717, 1.165) is 56.8 Å². The number of carbonyl (C=O) groups is 1. The summed E-state index contributed by atoms with van der Waals surface area (Å²) in [6.07, 6.45) is 4.20. The van der Waals surface area contributed by atoms with Crippen LogP contribution in [-0.4, -0.2) is 36.6 Å². The zero-order valence-electron chi connectivity index (χ0n) is 12.0. The second-order valence-electron chi connectivity index (χ2n) is 5.69. The number of aromatic nitrogens is 1. The predicted octanol–water partition coefficient (Wildman–Crippen LogP) is 0.857. The summed E-state index contributed by atoms with van der Waals surface area (Å²) in [5.74, 6) is 0.432. The Bertz CT molecular complexity index is 525.